The van der Waals surface area contributed by atoms with Crippen LogP contribution in [0.5, 0.6) is 17.2 Å². The average Bonchev–Trinajstić information content (AvgIpc) is 2.89. The Bertz CT molecular complexity index is 1450. The zero-order valence-corrected chi connectivity index (χ0v) is 18.6. The van der Waals surface area contributed by atoms with Crippen LogP contribution in [-0.4, -0.2) is 18.0 Å². The van der Waals surface area contributed by atoms with Crippen molar-refractivity contribution >= 4 is 22.5 Å². The summed E-state index contributed by atoms with van der Waals surface area (Å²) in [5, 5.41) is 3.78. The summed E-state index contributed by atoms with van der Waals surface area (Å²) >= 11 is 0. The minimum atomic E-state index is -0.209. The largest absolute Gasteiger partial charge is 0.497 e. The predicted molar refractivity (Wildman–Crippen MR) is 135 cm³/mol. The van der Waals surface area contributed by atoms with Gasteiger partial charge in [-0.2, -0.15) is 0 Å². The summed E-state index contributed by atoms with van der Waals surface area (Å²) < 4.78 is 11.2. The second kappa shape index (κ2) is 9.46. The minimum Gasteiger partial charge on any atom is -0.497 e. The number of carbonyl (C=O) groups is 1. The molecule has 0 radical (unpaired) electrons. The number of pyridine rings is 1. The second-order valence-corrected chi connectivity index (χ2v) is 7.70. The molecule has 5 nitrogen and oxygen atoms in total. The zero-order chi connectivity index (χ0) is 23.3. The van der Waals surface area contributed by atoms with Crippen molar-refractivity contribution < 1.29 is 14.3 Å². The van der Waals surface area contributed by atoms with Crippen LogP contribution >= 0.6 is 0 Å². The molecule has 0 fully saturated rings. The maximum Gasteiger partial charge on any atom is 0.256 e. The van der Waals surface area contributed by atoms with E-state index in [2.05, 4.69) is 5.32 Å². The van der Waals surface area contributed by atoms with E-state index in [0.29, 0.717) is 22.7 Å². The first-order chi connectivity index (χ1) is 16.7. The molecule has 0 aliphatic rings. The highest BCUT2D eigenvalue weighted by molar-refractivity contribution is 6.13. The van der Waals surface area contributed by atoms with Gasteiger partial charge in [-0.1, -0.05) is 48.5 Å². The number of hydrogen-bond donors (Lipinski definition) is 1. The molecular weight excluding hydrogens is 424 g/mol. The summed E-state index contributed by atoms with van der Waals surface area (Å²) in [7, 11) is 1.63. The van der Waals surface area contributed by atoms with Crippen molar-refractivity contribution in [1.82, 2.24) is 4.98 Å². The van der Waals surface area contributed by atoms with Gasteiger partial charge in [-0.05, 0) is 60.7 Å². The standard InChI is InChI=1S/C29H22N2O3/c1-33-24-11-7-8-20(18-24)28-19-26(25-12-5-6-13-27(25)31-28)29(32)30-21-14-16-23(17-15-21)34-22-9-3-2-4-10-22/h2-19H,1H3,(H,30,32). The molecule has 0 bridgehead atoms. The van der Waals surface area contributed by atoms with Crippen LogP contribution in [-0.2, 0) is 0 Å². The van der Waals surface area contributed by atoms with E-state index in [4.69, 9.17) is 14.5 Å². The van der Waals surface area contributed by atoms with Gasteiger partial charge in [0.2, 0.25) is 0 Å². The maximum absolute atomic E-state index is 13.3. The SMILES string of the molecule is COc1cccc(-c2cc(C(=O)Nc3ccc(Oc4ccccc4)cc3)c3ccccc3n2)c1. The second-order valence-electron chi connectivity index (χ2n) is 7.70. The number of carbonyl (C=O) groups excluding carboxylic acids is 1. The Labute approximate surface area is 197 Å². The summed E-state index contributed by atoms with van der Waals surface area (Å²) in [6.45, 7) is 0. The Balaban J connectivity index is 1.43. The molecule has 0 saturated carbocycles. The van der Waals surface area contributed by atoms with Crippen LogP contribution < -0.4 is 14.8 Å². The summed E-state index contributed by atoms with van der Waals surface area (Å²) in [5.41, 5.74) is 3.55. The fraction of sp³-hybridized carbons (Fsp3) is 0.0345. The minimum absolute atomic E-state index is 0.209. The van der Waals surface area contributed by atoms with E-state index < -0.39 is 0 Å². The number of amides is 1. The number of rotatable bonds is 6. The van der Waals surface area contributed by atoms with E-state index in [9.17, 15) is 4.79 Å². The summed E-state index contributed by atoms with van der Waals surface area (Å²) in [6, 6.07) is 34.0. The molecule has 0 aliphatic heterocycles. The number of ether oxygens (including phenoxy) is 2. The molecule has 0 spiro atoms. The van der Waals surface area contributed by atoms with Crippen LogP contribution in [0.2, 0.25) is 0 Å². The molecule has 1 N–H and O–H groups in total. The monoisotopic (exact) mass is 446 g/mol. The molecule has 4 aromatic carbocycles. The number of nitrogens with zero attached hydrogens (tertiary/aromatic N) is 1. The van der Waals surface area contributed by atoms with Gasteiger partial charge in [0, 0.05) is 16.6 Å². The highest BCUT2D eigenvalue weighted by atomic mass is 16.5. The number of hydrogen-bond acceptors (Lipinski definition) is 4. The maximum atomic E-state index is 13.3. The molecular formula is C29H22N2O3. The van der Waals surface area contributed by atoms with Gasteiger partial charge in [0.05, 0.1) is 23.9 Å². The molecule has 0 saturated heterocycles. The van der Waals surface area contributed by atoms with Gasteiger partial charge in [-0.15, -0.1) is 0 Å². The van der Waals surface area contributed by atoms with Crippen LogP contribution in [0.1, 0.15) is 10.4 Å². The molecule has 166 valence electrons. The fourth-order valence-corrected chi connectivity index (χ4v) is 3.72. The average molecular weight is 447 g/mol. The van der Waals surface area contributed by atoms with Crippen molar-refractivity contribution in [2.24, 2.45) is 0 Å². The van der Waals surface area contributed by atoms with Gasteiger partial charge in [0.25, 0.3) is 5.91 Å². The molecule has 5 heteroatoms. The van der Waals surface area contributed by atoms with Crippen molar-refractivity contribution in [2.45, 2.75) is 0 Å². The van der Waals surface area contributed by atoms with E-state index >= 15 is 0 Å². The number of nitrogens with one attached hydrogen (secondary N) is 1. The first-order valence-corrected chi connectivity index (χ1v) is 10.9. The third-order valence-corrected chi connectivity index (χ3v) is 5.42. The van der Waals surface area contributed by atoms with Crippen molar-refractivity contribution in [3.05, 3.63) is 115 Å². The summed E-state index contributed by atoms with van der Waals surface area (Å²) in [5.74, 6) is 1.97. The van der Waals surface area contributed by atoms with E-state index in [1.807, 2.05) is 109 Å². The van der Waals surface area contributed by atoms with E-state index in [-0.39, 0.29) is 5.91 Å². The normalized spacial score (nSPS) is 10.6. The van der Waals surface area contributed by atoms with Crippen LogP contribution in [0.25, 0.3) is 22.2 Å². The molecule has 1 heterocycles. The lowest BCUT2D eigenvalue weighted by atomic mass is 10.0. The third-order valence-electron chi connectivity index (χ3n) is 5.42. The van der Waals surface area contributed by atoms with Gasteiger partial charge in [0.1, 0.15) is 17.2 Å². The van der Waals surface area contributed by atoms with Crippen LogP contribution in [0.3, 0.4) is 0 Å². The number of para-hydroxylation sites is 2. The Morgan fingerprint density at radius 1 is 0.735 bits per heavy atom. The molecule has 34 heavy (non-hydrogen) atoms. The van der Waals surface area contributed by atoms with Crippen molar-refractivity contribution in [3.63, 3.8) is 0 Å². The van der Waals surface area contributed by atoms with E-state index in [0.717, 1.165) is 28.0 Å². The highest BCUT2D eigenvalue weighted by Gasteiger charge is 2.15. The van der Waals surface area contributed by atoms with Gasteiger partial charge in [0.15, 0.2) is 0 Å². The summed E-state index contributed by atoms with van der Waals surface area (Å²) in [4.78, 5) is 18.1. The first-order valence-electron chi connectivity index (χ1n) is 10.9. The predicted octanol–water partition coefficient (Wildman–Crippen LogP) is 6.96. The van der Waals surface area contributed by atoms with Crippen LogP contribution in [0.15, 0.2) is 109 Å². The van der Waals surface area contributed by atoms with Gasteiger partial charge >= 0.3 is 0 Å². The lowest BCUT2D eigenvalue weighted by Gasteiger charge is -2.12. The summed E-state index contributed by atoms with van der Waals surface area (Å²) in [6.07, 6.45) is 0. The fourth-order valence-electron chi connectivity index (χ4n) is 3.72. The van der Waals surface area contributed by atoms with Crippen molar-refractivity contribution in [1.29, 1.82) is 0 Å². The molecule has 5 aromatic rings. The lowest BCUT2D eigenvalue weighted by Crippen LogP contribution is -2.13. The highest BCUT2D eigenvalue weighted by Crippen LogP contribution is 2.28. The molecule has 0 atom stereocenters. The Hall–Kier alpha value is -4.64. The topological polar surface area (TPSA) is 60.5 Å². The number of benzene rings is 4. The smallest absolute Gasteiger partial charge is 0.256 e. The van der Waals surface area contributed by atoms with Gasteiger partial charge in [-0.25, -0.2) is 4.98 Å². The Morgan fingerprint density at radius 3 is 2.24 bits per heavy atom. The number of aromatic nitrogens is 1. The van der Waals surface area contributed by atoms with Gasteiger partial charge in [-0.3, -0.25) is 4.79 Å². The van der Waals surface area contributed by atoms with Crippen LogP contribution in [0, 0.1) is 0 Å². The molecule has 1 aromatic heterocycles. The molecule has 5 rings (SSSR count). The number of anilines is 1. The van der Waals surface area contributed by atoms with E-state index in [1.165, 1.54) is 0 Å². The molecule has 0 aliphatic carbocycles. The zero-order valence-electron chi connectivity index (χ0n) is 18.6. The number of methoxy groups -OCH3 is 1. The van der Waals surface area contributed by atoms with Crippen LogP contribution in [0.4, 0.5) is 5.69 Å². The third kappa shape index (κ3) is 4.59. The van der Waals surface area contributed by atoms with Crippen molar-refractivity contribution in [2.75, 3.05) is 12.4 Å². The van der Waals surface area contributed by atoms with Crippen molar-refractivity contribution in [3.8, 4) is 28.5 Å². The van der Waals surface area contributed by atoms with E-state index in [1.54, 1.807) is 7.11 Å². The van der Waals surface area contributed by atoms with Gasteiger partial charge < -0.3 is 14.8 Å². The lowest BCUT2D eigenvalue weighted by molar-refractivity contribution is 0.102. The molecule has 1 amide bonds. The first kappa shape index (κ1) is 21.2. The Kier molecular flexibility index (Phi) is 5.91. The number of fused-ring (bicyclic) bond motifs is 1. The Morgan fingerprint density at radius 2 is 1.44 bits per heavy atom. The quantitative estimate of drug-likeness (QED) is 0.306. The molecule has 0 unspecified atom stereocenters.